The standard InChI is InChI=1S/C13H16ClN5/c14-11-3-1-2-10(6-11)12(7-15)18-4-5-19-9-16-17-13(19)8-18/h1-3,6,9,12H,4-5,7-8,15H2. The molecule has 0 aliphatic carbocycles. The number of benzene rings is 1. The Morgan fingerprint density at radius 2 is 2.26 bits per heavy atom. The summed E-state index contributed by atoms with van der Waals surface area (Å²) in [5, 5.41) is 8.83. The Labute approximate surface area is 117 Å². The highest BCUT2D eigenvalue weighted by molar-refractivity contribution is 6.30. The molecule has 1 aliphatic heterocycles. The average Bonchev–Trinajstić information content (AvgIpc) is 2.87. The molecule has 0 fully saturated rings. The minimum Gasteiger partial charge on any atom is -0.329 e. The van der Waals surface area contributed by atoms with Gasteiger partial charge in [-0.05, 0) is 17.7 Å². The molecule has 0 bridgehead atoms. The van der Waals surface area contributed by atoms with E-state index in [4.69, 9.17) is 17.3 Å². The van der Waals surface area contributed by atoms with E-state index < -0.39 is 0 Å². The van der Waals surface area contributed by atoms with Crippen LogP contribution in [0, 0.1) is 0 Å². The van der Waals surface area contributed by atoms with Crippen LogP contribution < -0.4 is 5.73 Å². The molecule has 0 amide bonds. The lowest BCUT2D eigenvalue weighted by Gasteiger charge is -2.34. The van der Waals surface area contributed by atoms with Gasteiger partial charge >= 0.3 is 0 Å². The lowest BCUT2D eigenvalue weighted by atomic mass is 10.0. The first-order valence-electron chi connectivity index (χ1n) is 6.34. The van der Waals surface area contributed by atoms with E-state index in [0.29, 0.717) is 6.54 Å². The van der Waals surface area contributed by atoms with Crippen molar-refractivity contribution < 1.29 is 0 Å². The van der Waals surface area contributed by atoms with Crippen LogP contribution in [0.5, 0.6) is 0 Å². The number of hydrogen-bond donors (Lipinski definition) is 1. The van der Waals surface area contributed by atoms with Crippen LogP contribution in [0.4, 0.5) is 0 Å². The summed E-state index contributed by atoms with van der Waals surface area (Å²) >= 11 is 6.06. The van der Waals surface area contributed by atoms with E-state index in [-0.39, 0.29) is 6.04 Å². The van der Waals surface area contributed by atoms with Crippen LogP contribution in [0.15, 0.2) is 30.6 Å². The zero-order valence-corrected chi connectivity index (χ0v) is 11.3. The molecule has 1 atom stereocenters. The third kappa shape index (κ3) is 2.49. The molecule has 1 aromatic carbocycles. The van der Waals surface area contributed by atoms with E-state index in [9.17, 15) is 0 Å². The summed E-state index contributed by atoms with van der Waals surface area (Å²) in [5.41, 5.74) is 7.11. The Bertz CT molecular complexity index is 568. The third-order valence-corrected chi connectivity index (χ3v) is 3.80. The SMILES string of the molecule is NCC(c1cccc(Cl)c1)N1CCn2cnnc2C1. The number of nitrogens with two attached hydrogens (primary N) is 1. The summed E-state index contributed by atoms with van der Waals surface area (Å²) in [6.45, 7) is 3.18. The van der Waals surface area contributed by atoms with Gasteiger partial charge < -0.3 is 10.3 Å². The van der Waals surface area contributed by atoms with Gasteiger partial charge in [-0.2, -0.15) is 0 Å². The van der Waals surface area contributed by atoms with E-state index in [0.717, 1.165) is 36.0 Å². The van der Waals surface area contributed by atoms with Gasteiger partial charge in [0.2, 0.25) is 0 Å². The molecule has 0 radical (unpaired) electrons. The van der Waals surface area contributed by atoms with Crippen LogP contribution in [0.2, 0.25) is 5.02 Å². The van der Waals surface area contributed by atoms with Crippen molar-refractivity contribution in [3.63, 3.8) is 0 Å². The van der Waals surface area contributed by atoms with Gasteiger partial charge in [0.15, 0.2) is 0 Å². The Hall–Kier alpha value is -1.43. The van der Waals surface area contributed by atoms with E-state index in [1.807, 2.05) is 18.2 Å². The quantitative estimate of drug-likeness (QED) is 0.922. The number of nitrogens with zero attached hydrogens (tertiary/aromatic N) is 4. The van der Waals surface area contributed by atoms with Crippen molar-refractivity contribution in [3.05, 3.63) is 47.0 Å². The summed E-state index contributed by atoms with van der Waals surface area (Å²) < 4.78 is 2.09. The summed E-state index contributed by atoms with van der Waals surface area (Å²) in [6.07, 6.45) is 1.78. The van der Waals surface area contributed by atoms with Crippen LogP contribution in [-0.2, 0) is 13.1 Å². The van der Waals surface area contributed by atoms with Crippen molar-refractivity contribution in [2.45, 2.75) is 19.1 Å². The summed E-state index contributed by atoms with van der Waals surface area (Å²) in [7, 11) is 0. The zero-order valence-electron chi connectivity index (χ0n) is 10.5. The van der Waals surface area contributed by atoms with Crippen molar-refractivity contribution in [3.8, 4) is 0 Å². The second kappa shape index (κ2) is 5.28. The monoisotopic (exact) mass is 277 g/mol. The normalized spacial score (nSPS) is 17.2. The summed E-state index contributed by atoms with van der Waals surface area (Å²) in [6, 6.07) is 8.07. The fraction of sp³-hybridized carbons (Fsp3) is 0.385. The largest absolute Gasteiger partial charge is 0.329 e. The van der Waals surface area contributed by atoms with Gasteiger partial charge in [-0.3, -0.25) is 4.90 Å². The first-order chi connectivity index (χ1) is 9.28. The molecule has 1 unspecified atom stereocenters. The van der Waals surface area contributed by atoms with Crippen molar-refractivity contribution in [1.29, 1.82) is 0 Å². The predicted molar refractivity (Wildman–Crippen MR) is 73.7 cm³/mol. The van der Waals surface area contributed by atoms with E-state index in [1.54, 1.807) is 6.33 Å². The highest BCUT2D eigenvalue weighted by Gasteiger charge is 2.24. The van der Waals surface area contributed by atoms with Gasteiger partial charge in [0.05, 0.1) is 6.54 Å². The predicted octanol–water partition coefficient (Wildman–Crippen LogP) is 1.45. The van der Waals surface area contributed by atoms with Gasteiger partial charge in [-0.1, -0.05) is 23.7 Å². The van der Waals surface area contributed by atoms with Gasteiger partial charge in [0.25, 0.3) is 0 Å². The van der Waals surface area contributed by atoms with E-state index in [1.165, 1.54) is 0 Å². The van der Waals surface area contributed by atoms with Crippen LogP contribution in [0.25, 0.3) is 0 Å². The van der Waals surface area contributed by atoms with Crippen molar-refractivity contribution in [2.24, 2.45) is 5.73 Å². The zero-order chi connectivity index (χ0) is 13.2. The maximum absolute atomic E-state index is 6.06. The molecule has 0 saturated heterocycles. The average molecular weight is 278 g/mol. The second-order valence-corrected chi connectivity index (χ2v) is 5.15. The topological polar surface area (TPSA) is 60.0 Å². The number of rotatable bonds is 3. The van der Waals surface area contributed by atoms with Gasteiger partial charge in [0, 0.05) is 30.7 Å². The molecule has 19 heavy (non-hydrogen) atoms. The molecular formula is C13H16ClN5. The second-order valence-electron chi connectivity index (χ2n) is 4.72. The van der Waals surface area contributed by atoms with E-state index >= 15 is 0 Å². The van der Waals surface area contributed by atoms with Crippen LogP contribution in [0.1, 0.15) is 17.4 Å². The Morgan fingerprint density at radius 3 is 3.05 bits per heavy atom. The molecule has 6 heteroatoms. The maximum atomic E-state index is 6.06. The Kier molecular flexibility index (Phi) is 3.50. The molecule has 100 valence electrons. The smallest absolute Gasteiger partial charge is 0.147 e. The van der Waals surface area contributed by atoms with Gasteiger partial charge in [-0.15, -0.1) is 10.2 Å². The maximum Gasteiger partial charge on any atom is 0.147 e. The molecule has 5 nitrogen and oxygen atoms in total. The van der Waals surface area contributed by atoms with Crippen molar-refractivity contribution in [2.75, 3.05) is 13.1 Å². The molecule has 1 aromatic heterocycles. The first-order valence-corrected chi connectivity index (χ1v) is 6.72. The fourth-order valence-corrected chi connectivity index (χ4v) is 2.76. The Balaban J connectivity index is 1.84. The molecular weight excluding hydrogens is 262 g/mol. The molecule has 2 N–H and O–H groups in total. The molecule has 0 saturated carbocycles. The fourth-order valence-electron chi connectivity index (χ4n) is 2.56. The minimum atomic E-state index is 0.171. The van der Waals surface area contributed by atoms with Crippen molar-refractivity contribution in [1.82, 2.24) is 19.7 Å². The third-order valence-electron chi connectivity index (χ3n) is 3.57. The highest BCUT2D eigenvalue weighted by Crippen LogP contribution is 2.25. The molecule has 0 spiro atoms. The molecule has 2 aromatic rings. The molecule has 3 rings (SSSR count). The van der Waals surface area contributed by atoms with Gasteiger partial charge in [-0.25, -0.2) is 0 Å². The highest BCUT2D eigenvalue weighted by atomic mass is 35.5. The number of fused-ring (bicyclic) bond motifs is 1. The van der Waals surface area contributed by atoms with Crippen molar-refractivity contribution >= 4 is 11.6 Å². The summed E-state index contributed by atoms with van der Waals surface area (Å²) in [4.78, 5) is 2.33. The number of aromatic nitrogens is 3. The molecule has 2 heterocycles. The number of halogens is 1. The molecule has 1 aliphatic rings. The minimum absolute atomic E-state index is 0.171. The van der Waals surface area contributed by atoms with Crippen LogP contribution in [0.3, 0.4) is 0 Å². The van der Waals surface area contributed by atoms with Crippen LogP contribution >= 0.6 is 11.6 Å². The van der Waals surface area contributed by atoms with Gasteiger partial charge in [0.1, 0.15) is 12.2 Å². The lowest BCUT2D eigenvalue weighted by Crippen LogP contribution is -2.39. The lowest BCUT2D eigenvalue weighted by molar-refractivity contribution is 0.156. The first kappa shape index (κ1) is 12.6. The Morgan fingerprint density at radius 1 is 1.37 bits per heavy atom. The number of hydrogen-bond acceptors (Lipinski definition) is 4. The van der Waals surface area contributed by atoms with E-state index in [2.05, 4.69) is 25.7 Å². The van der Waals surface area contributed by atoms with Crippen LogP contribution in [-0.4, -0.2) is 32.8 Å². The summed E-state index contributed by atoms with van der Waals surface area (Å²) in [5.74, 6) is 0.992.